The number of nitrogens with two attached hydrogens (primary N) is 1. The summed E-state index contributed by atoms with van der Waals surface area (Å²) in [6.07, 6.45) is 3.36. The molecule has 2 rings (SSSR count). The highest BCUT2D eigenvalue weighted by atomic mass is 16.3. The lowest BCUT2D eigenvalue weighted by atomic mass is 9.77. The van der Waals surface area contributed by atoms with Crippen molar-refractivity contribution in [3.05, 3.63) is 0 Å². The van der Waals surface area contributed by atoms with Crippen LogP contribution in [-0.2, 0) is 4.79 Å². The number of hydrogen-bond acceptors (Lipinski definition) is 3. The Morgan fingerprint density at radius 3 is 2.56 bits per heavy atom. The molecule has 104 valence electrons. The highest BCUT2D eigenvalue weighted by molar-refractivity contribution is 5.79. The molecule has 1 heterocycles. The molecule has 4 nitrogen and oxygen atoms in total. The average molecular weight is 254 g/mol. The molecule has 0 aromatic rings. The van der Waals surface area contributed by atoms with Crippen LogP contribution in [0.4, 0.5) is 0 Å². The lowest BCUT2D eigenvalue weighted by molar-refractivity contribution is -0.142. The molecule has 1 amide bonds. The van der Waals surface area contributed by atoms with Crippen LogP contribution in [0.25, 0.3) is 0 Å². The Labute approximate surface area is 110 Å². The molecule has 5 atom stereocenters. The number of β-amino-alcohol motifs (C(OH)–C–C–N with tert-alkyl or cyclic N) is 1. The van der Waals surface area contributed by atoms with Gasteiger partial charge in [0.2, 0.25) is 5.91 Å². The van der Waals surface area contributed by atoms with Gasteiger partial charge >= 0.3 is 0 Å². The average Bonchev–Trinajstić information content (AvgIpc) is 2.32. The van der Waals surface area contributed by atoms with Crippen molar-refractivity contribution in [2.24, 2.45) is 23.5 Å². The van der Waals surface area contributed by atoms with Crippen LogP contribution in [0, 0.1) is 17.8 Å². The van der Waals surface area contributed by atoms with Gasteiger partial charge in [-0.1, -0.05) is 13.8 Å². The van der Waals surface area contributed by atoms with Crippen molar-refractivity contribution in [3.63, 3.8) is 0 Å². The lowest BCUT2D eigenvalue weighted by Gasteiger charge is -2.39. The summed E-state index contributed by atoms with van der Waals surface area (Å²) >= 11 is 0. The maximum atomic E-state index is 12.5. The van der Waals surface area contributed by atoms with Crippen molar-refractivity contribution in [3.8, 4) is 0 Å². The second-order valence-corrected chi connectivity index (χ2v) is 6.27. The van der Waals surface area contributed by atoms with E-state index in [1.165, 1.54) is 0 Å². The van der Waals surface area contributed by atoms with Crippen LogP contribution < -0.4 is 5.73 Å². The number of piperidine rings is 1. The van der Waals surface area contributed by atoms with Crippen LogP contribution in [0.3, 0.4) is 0 Å². The predicted molar refractivity (Wildman–Crippen MR) is 70.8 cm³/mol. The van der Waals surface area contributed by atoms with Gasteiger partial charge in [-0.3, -0.25) is 4.79 Å². The molecule has 1 aliphatic carbocycles. The summed E-state index contributed by atoms with van der Waals surface area (Å²) in [5.74, 6) is 1.04. The zero-order valence-electron chi connectivity index (χ0n) is 11.5. The normalized spacial score (nSPS) is 41.8. The number of aliphatic hydroxyl groups is 1. The third-order valence-corrected chi connectivity index (χ3v) is 4.76. The summed E-state index contributed by atoms with van der Waals surface area (Å²) in [5.41, 5.74) is 5.94. The summed E-state index contributed by atoms with van der Waals surface area (Å²) in [7, 11) is 0. The number of nitrogens with zero attached hydrogens (tertiary/aromatic N) is 1. The lowest BCUT2D eigenvalue weighted by Crippen LogP contribution is -2.50. The molecule has 0 spiro atoms. The van der Waals surface area contributed by atoms with Gasteiger partial charge in [-0.2, -0.15) is 0 Å². The molecule has 18 heavy (non-hydrogen) atoms. The van der Waals surface area contributed by atoms with Gasteiger partial charge in [0.15, 0.2) is 0 Å². The quantitative estimate of drug-likeness (QED) is 0.733. The van der Waals surface area contributed by atoms with Crippen LogP contribution >= 0.6 is 0 Å². The molecular formula is C14H26N2O2. The van der Waals surface area contributed by atoms with Gasteiger partial charge in [0.1, 0.15) is 0 Å². The fraction of sp³-hybridized carbons (Fsp3) is 0.929. The zero-order valence-corrected chi connectivity index (χ0v) is 11.5. The van der Waals surface area contributed by atoms with E-state index in [1.807, 2.05) is 4.90 Å². The minimum Gasteiger partial charge on any atom is -0.391 e. The number of rotatable bonds is 1. The SMILES string of the molecule is CC1CCN(C(=O)C2CCC(N)CC2C)CC1O. The number of likely N-dealkylation sites (tertiary alicyclic amines) is 1. The minimum atomic E-state index is -0.358. The first-order valence-electron chi connectivity index (χ1n) is 7.21. The molecule has 0 aromatic carbocycles. The molecule has 2 aliphatic rings. The number of aliphatic hydroxyl groups excluding tert-OH is 1. The van der Waals surface area contributed by atoms with Gasteiger partial charge in [-0.25, -0.2) is 0 Å². The van der Waals surface area contributed by atoms with Crippen molar-refractivity contribution >= 4 is 5.91 Å². The first kappa shape index (κ1) is 13.8. The number of carbonyl (C=O) groups excluding carboxylic acids is 1. The molecular weight excluding hydrogens is 228 g/mol. The fourth-order valence-electron chi connectivity index (χ4n) is 3.29. The smallest absolute Gasteiger partial charge is 0.226 e. The van der Waals surface area contributed by atoms with Crippen LogP contribution in [0.5, 0.6) is 0 Å². The summed E-state index contributed by atoms with van der Waals surface area (Å²) in [5, 5.41) is 9.89. The van der Waals surface area contributed by atoms with E-state index in [-0.39, 0.29) is 24.0 Å². The Balaban J connectivity index is 1.95. The molecule has 1 saturated carbocycles. The van der Waals surface area contributed by atoms with Crippen LogP contribution in [0.15, 0.2) is 0 Å². The molecule has 1 aliphatic heterocycles. The van der Waals surface area contributed by atoms with Gasteiger partial charge in [0.05, 0.1) is 6.10 Å². The van der Waals surface area contributed by atoms with E-state index >= 15 is 0 Å². The zero-order chi connectivity index (χ0) is 13.3. The van der Waals surface area contributed by atoms with Crippen LogP contribution in [0.1, 0.15) is 39.5 Å². The second kappa shape index (κ2) is 5.57. The van der Waals surface area contributed by atoms with E-state index in [2.05, 4.69) is 13.8 Å². The van der Waals surface area contributed by atoms with Gasteiger partial charge in [-0.05, 0) is 37.5 Å². The third kappa shape index (κ3) is 2.86. The van der Waals surface area contributed by atoms with Gasteiger partial charge in [0, 0.05) is 25.0 Å². The second-order valence-electron chi connectivity index (χ2n) is 6.27. The first-order chi connectivity index (χ1) is 8.49. The van der Waals surface area contributed by atoms with E-state index in [1.54, 1.807) is 0 Å². The van der Waals surface area contributed by atoms with Gasteiger partial charge < -0.3 is 15.7 Å². The Morgan fingerprint density at radius 2 is 1.94 bits per heavy atom. The van der Waals surface area contributed by atoms with E-state index < -0.39 is 0 Å². The Kier molecular flexibility index (Phi) is 4.28. The largest absolute Gasteiger partial charge is 0.391 e. The number of hydrogen-bond donors (Lipinski definition) is 2. The van der Waals surface area contributed by atoms with Gasteiger partial charge in [0.25, 0.3) is 0 Å². The molecule has 0 radical (unpaired) electrons. The summed E-state index contributed by atoms with van der Waals surface area (Å²) in [6, 6.07) is 0.260. The maximum Gasteiger partial charge on any atom is 0.226 e. The molecule has 3 N–H and O–H groups in total. The van der Waals surface area contributed by atoms with Crippen molar-refractivity contribution < 1.29 is 9.90 Å². The Hall–Kier alpha value is -0.610. The Morgan fingerprint density at radius 1 is 1.22 bits per heavy atom. The standard InChI is InChI=1S/C14H26N2O2/c1-9-5-6-16(8-13(9)17)14(18)12-4-3-11(15)7-10(12)2/h9-13,17H,3-8,15H2,1-2H3. The summed E-state index contributed by atoms with van der Waals surface area (Å²) in [6.45, 7) is 5.49. The van der Waals surface area contributed by atoms with E-state index in [4.69, 9.17) is 5.73 Å². The topological polar surface area (TPSA) is 66.6 Å². The molecule has 2 fully saturated rings. The molecule has 5 unspecified atom stereocenters. The van der Waals surface area contributed by atoms with E-state index in [0.717, 1.165) is 32.2 Å². The van der Waals surface area contributed by atoms with Crippen LogP contribution in [-0.4, -0.2) is 41.1 Å². The molecule has 4 heteroatoms. The maximum absolute atomic E-state index is 12.5. The molecule has 0 bridgehead atoms. The molecule has 0 aromatic heterocycles. The number of carbonyl (C=O) groups is 1. The van der Waals surface area contributed by atoms with Crippen molar-refractivity contribution in [2.75, 3.05) is 13.1 Å². The third-order valence-electron chi connectivity index (χ3n) is 4.76. The van der Waals surface area contributed by atoms with E-state index in [0.29, 0.717) is 18.4 Å². The highest BCUT2D eigenvalue weighted by Crippen LogP contribution is 2.31. The van der Waals surface area contributed by atoms with Crippen LogP contribution in [0.2, 0.25) is 0 Å². The minimum absolute atomic E-state index is 0.116. The summed E-state index contributed by atoms with van der Waals surface area (Å²) in [4.78, 5) is 14.4. The number of amides is 1. The fourth-order valence-corrected chi connectivity index (χ4v) is 3.29. The van der Waals surface area contributed by atoms with Gasteiger partial charge in [-0.15, -0.1) is 0 Å². The Bertz CT molecular complexity index is 308. The highest BCUT2D eigenvalue weighted by Gasteiger charge is 2.36. The molecule has 1 saturated heterocycles. The summed E-state index contributed by atoms with van der Waals surface area (Å²) < 4.78 is 0. The van der Waals surface area contributed by atoms with E-state index in [9.17, 15) is 9.90 Å². The first-order valence-corrected chi connectivity index (χ1v) is 7.21. The van der Waals surface area contributed by atoms with Crippen molar-refractivity contribution in [1.82, 2.24) is 4.90 Å². The monoisotopic (exact) mass is 254 g/mol. The van der Waals surface area contributed by atoms with Crippen molar-refractivity contribution in [1.29, 1.82) is 0 Å². The predicted octanol–water partition coefficient (Wildman–Crippen LogP) is 0.979. The van der Waals surface area contributed by atoms with Crippen molar-refractivity contribution in [2.45, 2.75) is 51.7 Å².